The Bertz CT molecular complexity index is 226. The summed E-state index contributed by atoms with van der Waals surface area (Å²) in [6.45, 7) is 2.67. The summed E-state index contributed by atoms with van der Waals surface area (Å²) < 4.78 is 0. The summed E-state index contributed by atoms with van der Waals surface area (Å²) in [7, 11) is 0. The van der Waals surface area contributed by atoms with Crippen molar-refractivity contribution in [3.8, 4) is 0 Å². The van der Waals surface area contributed by atoms with Crippen molar-refractivity contribution in [1.29, 1.82) is 0 Å². The Labute approximate surface area is 73.0 Å². The van der Waals surface area contributed by atoms with Crippen molar-refractivity contribution in [2.75, 3.05) is 6.54 Å². The molecule has 2 heteroatoms. The van der Waals surface area contributed by atoms with Gasteiger partial charge in [-0.1, -0.05) is 24.4 Å². The molecular formula is C9H13NS. The van der Waals surface area contributed by atoms with E-state index in [9.17, 15) is 0 Å². The first-order valence-electron chi connectivity index (χ1n) is 3.84. The van der Waals surface area contributed by atoms with Crippen molar-refractivity contribution in [2.24, 2.45) is 5.73 Å². The van der Waals surface area contributed by atoms with Gasteiger partial charge in [-0.3, -0.25) is 0 Å². The van der Waals surface area contributed by atoms with Gasteiger partial charge in [0.25, 0.3) is 0 Å². The first-order valence-corrected chi connectivity index (χ1v) is 4.25. The summed E-state index contributed by atoms with van der Waals surface area (Å²) in [6, 6.07) is 0. The Morgan fingerprint density at radius 1 is 1.45 bits per heavy atom. The van der Waals surface area contributed by atoms with Gasteiger partial charge in [0.05, 0.1) is 0 Å². The quantitative estimate of drug-likeness (QED) is 0.604. The van der Waals surface area contributed by atoms with Gasteiger partial charge < -0.3 is 5.73 Å². The molecule has 60 valence electrons. The molecule has 0 aromatic carbocycles. The van der Waals surface area contributed by atoms with E-state index in [1.807, 2.05) is 6.92 Å². The van der Waals surface area contributed by atoms with Crippen LogP contribution in [0.2, 0.25) is 0 Å². The first kappa shape index (κ1) is 8.62. The molecule has 0 unspecified atom stereocenters. The number of nitrogens with two attached hydrogens (primary N) is 1. The van der Waals surface area contributed by atoms with Gasteiger partial charge in [-0.25, -0.2) is 0 Å². The fourth-order valence-electron chi connectivity index (χ4n) is 1.35. The molecule has 0 aliphatic heterocycles. The van der Waals surface area contributed by atoms with E-state index < -0.39 is 0 Å². The zero-order valence-corrected chi connectivity index (χ0v) is 7.58. The number of thiocarbonyl (C=S) groups is 1. The molecular weight excluding hydrogens is 154 g/mol. The van der Waals surface area contributed by atoms with Crippen LogP contribution in [0.1, 0.15) is 19.8 Å². The van der Waals surface area contributed by atoms with Gasteiger partial charge in [0.2, 0.25) is 0 Å². The second-order valence-electron chi connectivity index (χ2n) is 2.67. The predicted octanol–water partition coefficient (Wildman–Crippen LogP) is 1.98. The zero-order chi connectivity index (χ0) is 8.27. The topological polar surface area (TPSA) is 26.0 Å². The summed E-state index contributed by atoms with van der Waals surface area (Å²) in [5, 5.41) is 0. The van der Waals surface area contributed by atoms with Crippen molar-refractivity contribution in [3.63, 3.8) is 0 Å². The lowest BCUT2D eigenvalue weighted by Crippen LogP contribution is -1.95. The molecule has 0 saturated heterocycles. The maximum atomic E-state index is 5.42. The first-order chi connectivity index (χ1) is 5.27. The van der Waals surface area contributed by atoms with Gasteiger partial charge in [-0.05, 0) is 18.1 Å². The van der Waals surface area contributed by atoms with E-state index in [0.717, 1.165) is 17.7 Å². The van der Waals surface area contributed by atoms with Gasteiger partial charge in [0.15, 0.2) is 0 Å². The predicted molar refractivity (Wildman–Crippen MR) is 52.7 cm³/mol. The highest BCUT2D eigenvalue weighted by Gasteiger charge is 2.16. The zero-order valence-electron chi connectivity index (χ0n) is 6.76. The van der Waals surface area contributed by atoms with Gasteiger partial charge in [0.1, 0.15) is 0 Å². The van der Waals surface area contributed by atoms with Crippen molar-refractivity contribution in [1.82, 2.24) is 0 Å². The molecule has 0 heterocycles. The van der Waals surface area contributed by atoms with Crippen LogP contribution >= 0.6 is 12.2 Å². The lowest BCUT2D eigenvalue weighted by Gasteiger charge is -1.96. The number of allylic oxidation sites excluding steroid dienone is 3. The fourth-order valence-corrected chi connectivity index (χ4v) is 1.66. The third-order valence-electron chi connectivity index (χ3n) is 1.90. The van der Waals surface area contributed by atoms with Crippen LogP contribution in [0, 0.1) is 0 Å². The number of hydrogen-bond donors (Lipinski definition) is 1. The van der Waals surface area contributed by atoms with E-state index in [4.69, 9.17) is 18.0 Å². The Kier molecular flexibility index (Phi) is 2.97. The van der Waals surface area contributed by atoms with Crippen LogP contribution < -0.4 is 5.73 Å². The Balaban J connectivity index is 2.81. The molecule has 11 heavy (non-hydrogen) atoms. The molecule has 1 fully saturated rings. The molecule has 2 N–H and O–H groups in total. The SMILES string of the molecule is C/C=C1\CC(=S)C\C1=C/CN. The Morgan fingerprint density at radius 2 is 2.09 bits per heavy atom. The Hall–Kier alpha value is -0.470. The van der Waals surface area contributed by atoms with Crippen LogP contribution in [0.25, 0.3) is 0 Å². The summed E-state index contributed by atoms with van der Waals surface area (Å²) >= 11 is 5.13. The largest absolute Gasteiger partial charge is 0.327 e. The molecule has 1 nitrogen and oxygen atoms in total. The third-order valence-corrected chi connectivity index (χ3v) is 2.19. The van der Waals surface area contributed by atoms with Crippen LogP contribution in [0.4, 0.5) is 0 Å². The molecule has 1 aliphatic rings. The summed E-state index contributed by atoms with van der Waals surface area (Å²) in [5.41, 5.74) is 8.12. The van der Waals surface area contributed by atoms with E-state index >= 15 is 0 Å². The highest BCUT2D eigenvalue weighted by Crippen LogP contribution is 2.27. The summed E-state index contributed by atoms with van der Waals surface area (Å²) in [4.78, 5) is 1.14. The third kappa shape index (κ3) is 1.98. The number of rotatable bonds is 1. The van der Waals surface area contributed by atoms with Crippen LogP contribution in [0.3, 0.4) is 0 Å². The van der Waals surface area contributed by atoms with Gasteiger partial charge in [-0.15, -0.1) is 0 Å². The van der Waals surface area contributed by atoms with E-state index in [-0.39, 0.29) is 0 Å². The molecule has 0 bridgehead atoms. The highest BCUT2D eigenvalue weighted by atomic mass is 32.1. The minimum Gasteiger partial charge on any atom is -0.327 e. The van der Waals surface area contributed by atoms with Crippen molar-refractivity contribution in [3.05, 3.63) is 23.3 Å². The molecule has 1 saturated carbocycles. The average Bonchev–Trinajstić information content (AvgIpc) is 2.32. The second kappa shape index (κ2) is 3.79. The Morgan fingerprint density at radius 3 is 2.64 bits per heavy atom. The van der Waals surface area contributed by atoms with Crippen molar-refractivity contribution >= 4 is 17.1 Å². The summed E-state index contributed by atoms with van der Waals surface area (Å²) in [6.07, 6.45) is 6.11. The van der Waals surface area contributed by atoms with E-state index in [2.05, 4.69) is 12.2 Å². The van der Waals surface area contributed by atoms with E-state index in [1.54, 1.807) is 0 Å². The molecule has 1 rings (SSSR count). The standard InChI is InChI=1S/C9H13NS/c1-2-7-5-9(11)6-8(7)3-4-10/h2-3H,4-6,10H2,1H3/b7-2+,8-3+. The van der Waals surface area contributed by atoms with Gasteiger partial charge in [0, 0.05) is 24.3 Å². The molecule has 0 radical (unpaired) electrons. The minimum absolute atomic E-state index is 0.620. The molecule has 0 atom stereocenters. The molecule has 0 amide bonds. The lowest BCUT2D eigenvalue weighted by atomic mass is 10.1. The summed E-state index contributed by atoms with van der Waals surface area (Å²) in [5.74, 6) is 0. The van der Waals surface area contributed by atoms with Gasteiger partial charge in [-0.2, -0.15) is 0 Å². The smallest absolute Gasteiger partial charge is 0.0112 e. The van der Waals surface area contributed by atoms with Crippen LogP contribution in [-0.4, -0.2) is 11.4 Å². The van der Waals surface area contributed by atoms with Crippen molar-refractivity contribution < 1.29 is 0 Å². The normalized spacial score (nSPS) is 25.5. The van der Waals surface area contributed by atoms with Crippen molar-refractivity contribution in [2.45, 2.75) is 19.8 Å². The molecule has 0 aromatic heterocycles. The maximum absolute atomic E-state index is 5.42. The van der Waals surface area contributed by atoms with E-state index in [0.29, 0.717) is 6.54 Å². The van der Waals surface area contributed by atoms with Crippen LogP contribution in [-0.2, 0) is 0 Å². The van der Waals surface area contributed by atoms with Crippen LogP contribution in [0.15, 0.2) is 23.3 Å². The number of hydrogen-bond acceptors (Lipinski definition) is 2. The molecule has 0 aromatic rings. The van der Waals surface area contributed by atoms with Gasteiger partial charge >= 0.3 is 0 Å². The van der Waals surface area contributed by atoms with Crippen LogP contribution in [0.5, 0.6) is 0 Å². The minimum atomic E-state index is 0.620. The lowest BCUT2D eigenvalue weighted by molar-refractivity contribution is 1.20. The van der Waals surface area contributed by atoms with E-state index in [1.165, 1.54) is 11.1 Å². The maximum Gasteiger partial charge on any atom is 0.0112 e. The molecule has 1 aliphatic carbocycles. The fraction of sp³-hybridized carbons (Fsp3) is 0.444. The molecule has 0 spiro atoms. The second-order valence-corrected chi connectivity index (χ2v) is 3.25. The monoisotopic (exact) mass is 167 g/mol. The average molecular weight is 167 g/mol. The highest BCUT2D eigenvalue weighted by molar-refractivity contribution is 7.80.